The number of fused-ring (bicyclic) bond motifs is 1. The third kappa shape index (κ3) is 4.99. The highest BCUT2D eigenvalue weighted by Crippen LogP contribution is 2.23. The molecule has 1 heterocycles. The van der Waals surface area contributed by atoms with Gasteiger partial charge in [0.25, 0.3) is 0 Å². The lowest BCUT2D eigenvalue weighted by atomic mass is 10.0. The van der Waals surface area contributed by atoms with Crippen molar-refractivity contribution in [1.82, 2.24) is 9.80 Å². The maximum Gasteiger partial charge on any atom is 0.225 e. The van der Waals surface area contributed by atoms with Crippen molar-refractivity contribution in [3.8, 4) is 5.75 Å². The van der Waals surface area contributed by atoms with Crippen molar-refractivity contribution < 1.29 is 9.53 Å². The summed E-state index contributed by atoms with van der Waals surface area (Å²) in [6.07, 6.45) is 0.487. The average molecular weight is 404 g/mol. The molecule has 0 unspecified atom stereocenters. The maximum absolute atomic E-state index is 12.3. The number of rotatable bonds is 7. The zero-order valence-corrected chi connectivity index (χ0v) is 17.5. The smallest absolute Gasteiger partial charge is 0.225 e. The summed E-state index contributed by atoms with van der Waals surface area (Å²) < 4.78 is 5.30. The molecule has 1 fully saturated rings. The van der Waals surface area contributed by atoms with Gasteiger partial charge in [0.15, 0.2) is 0 Å². The van der Waals surface area contributed by atoms with Gasteiger partial charge in [-0.25, -0.2) is 0 Å². The van der Waals surface area contributed by atoms with Gasteiger partial charge in [0.05, 0.1) is 12.8 Å². The first kappa shape index (κ1) is 20.4. The van der Waals surface area contributed by atoms with Crippen molar-refractivity contribution in [2.75, 3.05) is 45.2 Å². The maximum atomic E-state index is 12.3. The number of hydrogen-bond donors (Lipinski definition) is 1. The zero-order chi connectivity index (χ0) is 20.8. The predicted molar refractivity (Wildman–Crippen MR) is 122 cm³/mol. The number of amides is 1. The van der Waals surface area contributed by atoms with E-state index in [1.54, 1.807) is 7.11 Å². The molecule has 1 aliphatic heterocycles. The molecule has 0 spiro atoms. The van der Waals surface area contributed by atoms with E-state index in [0.717, 1.165) is 45.0 Å². The van der Waals surface area contributed by atoms with Crippen LogP contribution in [0.4, 0.5) is 5.69 Å². The van der Waals surface area contributed by atoms with Crippen molar-refractivity contribution in [1.29, 1.82) is 0 Å². The summed E-state index contributed by atoms with van der Waals surface area (Å²) in [7, 11) is 1.61. The second-order valence-electron chi connectivity index (χ2n) is 7.75. The van der Waals surface area contributed by atoms with E-state index in [2.05, 4.69) is 57.6 Å². The van der Waals surface area contributed by atoms with E-state index in [1.165, 1.54) is 16.3 Å². The summed E-state index contributed by atoms with van der Waals surface area (Å²) in [4.78, 5) is 17.2. The van der Waals surface area contributed by atoms with Crippen LogP contribution < -0.4 is 10.1 Å². The summed E-state index contributed by atoms with van der Waals surface area (Å²) in [5.74, 6) is 0.714. The number of benzene rings is 3. The topological polar surface area (TPSA) is 44.8 Å². The first-order valence-corrected chi connectivity index (χ1v) is 10.6. The minimum absolute atomic E-state index is 0.0256. The number of methoxy groups -OCH3 is 1. The van der Waals surface area contributed by atoms with E-state index >= 15 is 0 Å². The van der Waals surface area contributed by atoms with Gasteiger partial charge >= 0.3 is 0 Å². The Morgan fingerprint density at radius 1 is 0.900 bits per heavy atom. The van der Waals surface area contributed by atoms with Crippen LogP contribution in [-0.4, -0.2) is 55.5 Å². The minimum atomic E-state index is 0.0256. The number of carbonyl (C=O) groups excluding carboxylic acids is 1. The first-order chi connectivity index (χ1) is 14.7. The van der Waals surface area contributed by atoms with Gasteiger partial charge in [-0.3, -0.25) is 9.69 Å². The van der Waals surface area contributed by atoms with Gasteiger partial charge in [0.1, 0.15) is 5.75 Å². The van der Waals surface area contributed by atoms with Crippen LogP contribution in [0.3, 0.4) is 0 Å². The number of anilines is 1. The molecule has 1 aliphatic rings. The molecule has 1 saturated heterocycles. The fourth-order valence-electron chi connectivity index (χ4n) is 4.06. The molecule has 1 amide bonds. The van der Waals surface area contributed by atoms with E-state index < -0.39 is 0 Å². The molecule has 5 heteroatoms. The van der Waals surface area contributed by atoms with Crippen molar-refractivity contribution in [2.45, 2.75) is 13.0 Å². The van der Waals surface area contributed by atoms with Crippen LogP contribution in [0.5, 0.6) is 5.75 Å². The monoisotopic (exact) mass is 403 g/mol. The van der Waals surface area contributed by atoms with Crippen LogP contribution >= 0.6 is 0 Å². The highest BCUT2D eigenvalue weighted by molar-refractivity contribution is 5.92. The van der Waals surface area contributed by atoms with E-state index in [1.807, 2.05) is 24.3 Å². The van der Waals surface area contributed by atoms with E-state index in [4.69, 9.17) is 4.74 Å². The van der Waals surface area contributed by atoms with Crippen LogP contribution in [0, 0.1) is 0 Å². The first-order valence-electron chi connectivity index (χ1n) is 10.6. The molecule has 3 aromatic rings. The van der Waals surface area contributed by atoms with Gasteiger partial charge in [-0.15, -0.1) is 0 Å². The highest BCUT2D eigenvalue weighted by Gasteiger charge is 2.18. The van der Waals surface area contributed by atoms with Crippen LogP contribution in [0.15, 0.2) is 66.7 Å². The summed E-state index contributed by atoms with van der Waals surface area (Å²) in [6, 6.07) is 22.6. The lowest BCUT2D eigenvalue weighted by Crippen LogP contribution is -2.46. The predicted octanol–water partition coefficient (Wildman–Crippen LogP) is 3.99. The standard InChI is InChI=1S/C25H29N3O2/c1-30-24-12-5-4-11-23(24)26-25(29)13-14-27-15-17-28(18-16-27)19-21-9-6-8-20-7-2-3-10-22(20)21/h2-12H,13-19H2,1H3,(H,26,29). The third-order valence-electron chi connectivity index (χ3n) is 5.77. The van der Waals surface area contributed by atoms with Crippen LogP contribution in [-0.2, 0) is 11.3 Å². The van der Waals surface area contributed by atoms with Crippen LogP contribution in [0.2, 0.25) is 0 Å². The molecule has 0 aromatic heterocycles. The Morgan fingerprint density at radius 3 is 2.43 bits per heavy atom. The highest BCUT2D eigenvalue weighted by atomic mass is 16.5. The number of nitrogens with one attached hydrogen (secondary N) is 1. The second-order valence-corrected chi connectivity index (χ2v) is 7.75. The number of nitrogens with zero attached hydrogens (tertiary/aromatic N) is 2. The van der Waals surface area contributed by atoms with Crippen molar-refractivity contribution in [3.05, 3.63) is 72.3 Å². The van der Waals surface area contributed by atoms with E-state index in [0.29, 0.717) is 12.2 Å². The van der Waals surface area contributed by atoms with Gasteiger partial charge in [-0.1, -0.05) is 54.6 Å². The molecule has 0 radical (unpaired) electrons. The summed E-state index contributed by atoms with van der Waals surface area (Å²) in [5.41, 5.74) is 2.11. The van der Waals surface area contributed by atoms with Gasteiger partial charge < -0.3 is 15.0 Å². The Hall–Kier alpha value is -2.89. The third-order valence-corrected chi connectivity index (χ3v) is 5.77. The minimum Gasteiger partial charge on any atom is -0.495 e. The van der Waals surface area contributed by atoms with Gasteiger partial charge in [0, 0.05) is 45.7 Å². The molecule has 156 valence electrons. The lowest BCUT2D eigenvalue weighted by molar-refractivity contribution is -0.116. The summed E-state index contributed by atoms with van der Waals surface area (Å²) in [5, 5.41) is 5.60. The van der Waals surface area contributed by atoms with Crippen molar-refractivity contribution in [2.24, 2.45) is 0 Å². The van der Waals surface area contributed by atoms with E-state index in [9.17, 15) is 4.79 Å². The lowest BCUT2D eigenvalue weighted by Gasteiger charge is -2.34. The molecule has 0 bridgehead atoms. The fourth-order valence-corrected chi connectivity index (χ4v) is 4.06. The number of ether oxygens (including phenoxy) is 1. The Labute approximate surface area is 178 Å². The molecular formula is C25H29N3O2. The number of carbonyl (C=O) groups is 1. The fraction of sp³-hybridized carbons (Fsp3) is 0.320. The molecule has 1 N–H and O–H groups in total. The van der Waals surface area contributed by atoms with Gasteiger partial charge in [0.2, 0.25) is 5.91 Å². The molecule has 0 aliphatic carbocycles. The molecule has 0 atom stereocenters. The Bertz CT molecular complexity index is 991. The summed E-state index contributed by atoms with van der Waals surface area (Å²) >= 11 is 0. The van der Waals surface area contributed by atoms with Crippen LogP contribution in [0.1, 0.15) is 12.0 Å². The van der Waals surface area contributed by atoms with Crippen molar-refractivity contribution >= 4 is 22.4 Å². The second kappa shape index (κ2) is 9.74. The zero-order valence-electron chi connectivity index (χ0n) is 17.5. The normalized spacial score (nSPS) is 15.2. The number of hydrogen-bond acceptors (Lipinski definition) is 4. The van der Waals surface area contributed by atoms with E-state index in [-0.39, 0.29) is 5.91 Å². The molecule has 5 nitrogen and oxygen atoms in total. The number of piperazine rings is 1. The van der Waals surface area contributed by atoms with Gasteiger partial charge in [-0.2, -0.15) is 0 Å². The summed E-state index contributed by atoms with van der Waals surface area (Å²) in [6.45, 7) is 5.79. The molecular weight excluding hydrogens is 374 g/mol. The molecule has 30 heavy (non-hydrogen) atoms. The molecule has 4 rings (SSSR count). The SMILES string of the molecule is COc1ccccc1NC(=O)CCN1CCN(Cc2cccc3ccccc23)CC1. The molecule has 3 aromatic carbocycles. The Kier molecular flexibility index (Phi) is 6.62. The van der Waals surface area contributed by atoms with Crippen molar-refractivity contribution in [3.63, 3.8) is 0 Å². The molecule has 0 saturated carbocycles. The van der Waals surface area contributed by atoms with Crippen LogP contribution in [0.25, 0.3) is 10.8 Å². The van der Waals surface area contributed by atoms with Gasteiger partial charge in [-0.05, 0) is 28.5 Å². The Balaban J connectivity index is 1.24. The average Bonchev–Trinajstić information content (AvgIpc) is 2.79. The largest absolute Gasteiger partial charge is 0.495 e. The Morgan fingerprint density at radius 2 is 1.60 bits per heavy atom. The number of para-hydroxylation sites is 2. The quantitative estimate of drug-likeness (QED) is 0.648.